The number of hydrogen-bond acceptors (Lipinski definition) is 2. The topological polar surface area (TPSA) is 32.3 Å². The first-order valence-electron chi connectivity index (χ1n) is 6.16. The van der Waals surface area contributed by atoms with Gasteiger partial charge in [0.25, 0.3) is 0 Å². The summed E-state index contributed by atoms with van der Waals surface area (Å²) in [6.07, 6.45) is 0. The van der Waals surface area contributed by atoms with E-state index in [0.717, 1.165) is 10.6 Å². The molecule has 1 aromatic rings. The number of nitrogens with one attached hydrogen (secondary N) is 1. The lowest BCUT2D eigenvalue weighted by Crippen LogP contribution is -2.39. The van der Waals surface area contributed by atoms with Gasteiger partial charge >= 0.3 is 0 Å². The van der Waals surface area contributed by atoms with Crippen molar-refractivity contribution in [3.63, 3.8) is 0 Å². The number of halogens is 1. The van der Waals surface area contributed by atoms with E-state index in [-0.39, 0.29) is 18.0 Å². The zero-order chi connectivity index (χ0) is 13.7. The highest BCUT2D eigenvalue weighted by molar-refractivity contribution is 6.31. The first kappa shape index (κ1) is 15.0. The van der Waals surface area contributed by atoms with Crippen molar-refractivity contribution in [2.24, 2.45) is 0 Å². The summed E-state index contributed by atoms with van der Waals surface area (Å²) in [6, 6.07) is 8.00. The Kier molecular flexibility index (Phi) is 5.63. The Hall–Kier alpha value is -1.06. The predicted molar refractivity (Wildman–Crippen MR) is 75.8 cm³/mol. The van der Waals surface area contributed by atoms with Gasteiger partial charge in [-0.2, -0.15) is 0 Å². The Morgan fingerprint density at radius 3 is 2.50 bits per heavy atom. The lowest BCUT2D eigenvalue weighted by Gasteiger charge is -2.25. The van der Waals surface area contributed by atoms with Gasteiger partial charge in [-0.15, -0.1) is 0 Å². The molecule has 0 aliphatic rings. The quantitative estimate of drug-likeness (QED) is 0.891. The summed E-state index contributed by atoms with van der Waals surface area (Å²) in [5.74, 6) is 0.0337. The van der Waals surface area contributed by atoms with Gasteiger partial charge in [-0.3, -0.25) is 9.69 Å². The summed E-state index contributed by atoms with van der Waals surface area (Å²) in [6.45, 7) is 6.32. The van der Waals surface area contributed by atoms with Crippen LogP contribution < -0.4 is 5.32 Å². The van der Waals surface area contributed by atoms with E-state index >= 15 is 0 Å². The van der Waals surface area contributed by atoms with Crippen LogP contribution in [0.1, 0.15) is 32.4 Å². The Balaban J connectivity index is 2.64. The summed E-state index contributed by atoms with van der Waals surface area (Å²) >= 11 is 6.16. The summed E-state index contributed by atoms with van der Waals surface area (Å²) in [5, 5.41) is 3.62. The van der Waals surface area contributed by atoms with Crippen LogP contribution in [0.5, 0.6) is 0 Å². The highest BCUT2D eigenvalue weighted by Gasteiger charge is 2.17. The van der Waals surface area contributed by atoms with Crippen LogP contribution in [0.15, 0.2) is 24.3 Å². The van der Waals surface area contributed by atoms with Gasteiger partial charge in [0, 0.05) is 17.1 Å². The number of amides is 1. The first-order valence-corrected chi connectivity index (χ1v) is 6.53. The van der Waals surface area contributed by atoms with E-state index in [1.54, 1.807) is 0 Å². The third-order valence-electron chi connectivity index (χ3n) is 2.86. The Morgan fingerprint density at radius 1 is 1.33 bits per heavy atom. The Labute approximate surface area is 114 Å². The summed E-state index contributed by atoms with van der Waals surface area (Å²) < 4.78 is 0. The molecule has 3 nitrogen and oxygen atoms in total. The molecule has 0 radical (unpaired) electrons. The van der Waals surface area contributed by atoms with Crippen LogP contribution in [-0.4, -0.2) is 30.4 Å². The van der Waals surface area contributed by atoms with Gasteiger partial charge in [-0.25, -0.2) is 0 Å². The minimum absolute atomic E-state index is 0.0337. The van der Waals surface area contributed by atoms with Crippen LogP contribution in [0, 0.1) is 0 Å². The van der Waals surface area contributed by atoms with E-state index in [0.29, 0.717) is 6.54 Å². The number of benzene rings is 1. The van der Waals surface area contributed by atoms with Gasteiger partial charge < -0.3 is 5.32 Å². The van der Waals surface area contributed by atoms with Crippen LogP contribution in [0.4, 0.5) is 0 Å². The lowest BCUT2D eigenvalue weighted by atomic mass is 10.1. The molecule has 1 rings (SSSR count). The average Bonchev–Trinajstić information content (AvgIpc) is 2.27. The van der Waals surface area contributed by atoms with Gasteiger partial charge in [0.05, 0.1) is 6.54 Å². The molecule has 0 aliphatic heterocycles. The number of carbonyl (C=O) groups excluding carboxylic acids is 1. The smallest absolute Gasteiger partial charge is 0.234 e. The molecule has 0 aromatic heterocycles. The molecule has 1 N–H and O–H groups in total. The monoisotopic (exact) mass is 268 g/mol. The molecule has 0 aliphatic carbocycles. The minimum Gasteiger partial charge on any atom is -0.353 e. The maximum atomic E-state index is 11.7. The summed E-state index contributed by atoms with van der Waals surface area (Å²) in [5.41, 5.74) is 1.04. The molecule has 1 aromatic carbocycles. The maximum absolute atomic E-state index is 11.7. The van der Waals surface area contributed by atoms with E-state index in [1.165, 1.54) is 0 Å². The maximum Gasteiger partial charge on any atom is 0.234 e. The zero-order valence-corrected chi connectivity index (χ0v) is 12.2. The fraction of sp³-hybridized carbons (Fsp3) is 0.500. The number of nitrogens with zero attached hydrogens (tertiary/aromatic N) is 1. The van der Waals surface area contributed by atoms with E-state index in [4.69, 9.17) is 11.6 Å². The Bertz CT molecular complexity index is 407. The molecular weight excluding hydrogens is 248 g/mol. The molecule has 4 heteroatoms. The van der Waals surface area contributed by atoms with Gasteiger partial charge in [-0.05, 0) is 39.4 Å². The highest BCUT2D eigenvalue weighted by atomic mass is 35.5. The molecule has 1 atom stereocenters. The van der Waals surface area contributed by atoms with E-state index in [9.17, 15) is 4.79 Å². The second-order valence-electron chi connectivity index (χ2n) is 4.83. The number of rotatable bonds is 5. The number of carbonyl (C=O) groups is 1. The molecule has 0 saturated heterocycles. The molecule has 0 saturated carbocycles. The number of hydrogen-bond donors (Lipinski definition) is 1. The molecule has 100 valence electrons. The third-order valence-corrected chi connectivity index (χ3v) is 3.20. The van der Waals surface area contributed by atoms with Crippen molar-refractivity contribution < 1.29 is 4.79 Å². The van der Waals surface area contributed by atoms with Crippen LogP contribution in [-0.2, 0) is 4.79 Å². The van der Waals surface area contributed by atoms with Crippen molar-refractivity contribution in [3.8, 4) is 0 Å². The second-order valence-corrected chi connectivity index (χ2v) is 5.24. The van der Waals surface area contributed by atoms with Crippen LogP contribution in [0.2, 0.25) is 5.02 Å². The van der Waals surface area contributed by atoms with Crippen molar-refractivity contribution in [2.75, 3.05) is 13.6 Å². The standard InChI is InChI=1S/C14H21ClN2O/c1-10(2)16-14(18)9-17(4)11(3)12-7-5-6-8-13(12)15/h5-8,10-11H,9H2,1-4H3,(H,16,18)/t11-/m1/s1. The number of likely N-dealkylation sites (N-methyl/N-ethyl adjacent to an activating group) is 1. The SMILES string of the molecule is CC(C)NC(=O)CN(C)[C@H](C)c1ccccc1Cl. The molecular formula is C14H21ClN2O. The van der Waals surface area contributed by atoms with Crippen LogP contribution in [0.25, 0.3) is 0 Å². The van der Waals surface area contributed by atoms with E-state index < -0.39 is 0 Å². The lowest BCUT2D eigenvalue weighted by molar-refractivity contribution is -0.122. The second kappa shape index (κ2) is 6.76. The van der Waals surface area contributed by atoms with Crippen molar-refractivity contribution >= 4 is 17.5 Å². The largest absolute Gasteiger partial charge is 0.353 e. The molecule has 0 unspecified atom stereocenters. The molecule has 18 heavy (non-hydrogen) atoms. The average molecular weight is 269 g/mol. The fourth-order valence-electron chi connectivity index (χ4n) is 1.78. The summed E-state index contributed by atoms with van der Waals surface area (Å²) in [4.78, 5) is 13.7. The predicted octanol–water partition coefficient (Wildman–Crippen LogP) is 2.86. The van der Waals surface area contributed by atoms with Crippen LogP contribution in [0.3, 0.4) is 0 Å². The van der Waals surface area contributed by atoms with Crippen LogP contribution >= 0.6 is 11.6 Å². The van der Waals surface area contributed by atoms with Gasteiger partial charge in [0.1, 0.15) is 0 Å². The van der Waals surface area contributed by atoms with Gasteiger partial charge in [0.2, 0.25) is 5.91 Å². The normalized spacial score (nSPS) is 12.8. The van der Waals surface area contributed by atoms with Crippen molar-refractivity contribution in [1.29, 1.82) is 0 Å². The molecule has 0 spiro atoms. The fourth-order valence-corrected chi connectivity index (χ4v) is 2.08. The summed E-state index contributed by atoms with van der Waals surface area (Å²) in [7, 11) is 1.92. The highest BCUT2D eigenvalue weighted by Crippen LogP contribution is 2.25. The van der Waals surface area contributed by atoms with Gasteiger partial charge in [-0.1, -0.05) is 29.8 Å². The van der Waals surface area contributed by atoms with Crippen molar-refractivity contribution in [1.82, 2.24) is 10.2 Å². The van der Waals surface area contributed by atoms with E-state index in [2.05, 4.69) is 5.32 Å². The Morgan fingerprint density at radius 2 is 1.94 bits per heavy atom. The molecule has 1 amide bonds. The zero-order valence-electron chi connectivity index (χ0n) is 11.4. The first-order chi connectivity index (χ1) is 8.41. The van der Waals surface area contributed by atoms with E-state index in [1.807, 2.05) is 57.0 Å². The minimum atomic E-state index is 0.0337. The van der Waals surface area contributed by atoms with Crippen molar-refractivity contribution in [2.45, 2.75) is 32.9 Å². The third kappa shape index (κ3) is 4.31. The van der Waals surface area contributed by atoms with Gasteiger partial charge in [0.15, 0.2) is 0 Å². The molecule has 0 heterocycles. The van der Waals surface area contributed by atoms with Crippen molar-refractivity contribution in [3.05, 3.63) is 34.9 Å². The molecule has 0 bridgehead atoms. The molecule has 0 fully saturated rings.